The molecule has 0 fully saturated rings. The van der Waals surface area contributed by atoms with Crippen LogP contribution in [0.2, 0.25) is 0 Å². The Labute approximate surface area is 152 Å². The van der Waals surface area contributed by atoms with Gasteiger partial charge < -0.3 is 5.32 Å². The Morgan fingerprint density at radius 2 is 2.00 bits per heavy atom. The van der Waals surface area contributed by atoms with E-state index in [9.17, 15) is 13.2 Å². The van der Waals surface area contributed by atoms with Gasteiger partial charge in [-0.3, -0.25) is 9.52 Å². The van der Waals surface area contributed by atoms with E-state index in [1.54, 1.807) is 36.0 Å². The van der Waals surface area contributed by atoms with Crippen LogP contribution in [0.4, 0.5) is 11.4 Å². The molecular weight excluding hydrogens is 356 g/mol. The fraction of sp³-hybridized carbons (Fsp3) is 0.278. The zero-order chi connectivity index (χ0) is 18.0. The van der Waals surface area contributed by atoms with Gasteiger partial charge in [0.2, 0.25) is 5.91 Å². The fourth-order valence-corrected chi connectivity index (χ4v) is 4.91. The van der Waals surface area contributed by atoms with Gasteiger partial charge in [0.25, 0.3) is 10.0 Å². The first-order valence-electron chi connectivity index (χ1n) is 8.10. The molecule has 1 aliphatic heterocycles. The number of nitrogens with one attached hydrogen (secondary N) is 2. The summed E-state index contributed by atoms with van der Waals surface area (Å²) in [6, 6.07) is 12.2. The van der Waals surface area contributed by atoms with E-state index in [4.69, 9.17) is 0 Å². The van der Waals surface area contributed by atoms with Gasteiger partial charge in [-0.1, -0.05) is 32.0 Å². The Morgan fingerprint density at radius 3 is 2.76 bits per heavy atom. The van der Waals surface area contributed by atoms with Crippen LogP contribution in [0.3, 0.4) is 0 Å². The molecule has 1 heterocycles. The SMILES string of the molecule is CCc1ccccc1NS(=O)(=O)c1ccc2c(c1)NC(=O)CC(C)S2. The largest absolute Gasteiger partial charge is 0.325 e. The minimum Gasteiger partial charge on any atom is -0.325 e. The summed E-state index contributed by atoms with van der Waals surface area (Å²) in [6.07, 6.45) is 1.14. The van der Waals surface area contributed by atoms with Gasteiger partial charge in [-0.25, -0.2) is 8.42 Å². The predicted octanol–water partition coefficient (Wildman–Crippen LogP) is 3.87. The lowest BCUT2D eigenvalue weighted by molar-refractivity contribution is -0.116. The highest BCUT2D eigenvalue weighted by Gasteiger charge is 2.22. The van der Waals surface area contributed by atoms with Gasteiger partial charge >= 0.3 is 0 Å². The maximum absolute atomic E-state index is 12.8. The lowest BCUT2D eigenvalue weighted by atomic mass is 10.1. The molecule has 2 N–H and O–H groups in total. The fourth-order valence-electron chi connectivity index (χ4n) is 2.73. The summed E-state index contributed by atoms with van der Waals surface area (Å²) in [5.41, 5.74) is 2.05. The second-order valence-corrected chi connectivity index (χ2v) is 9.12. The van der Waals surface area contributed by atoms with Gasteiger partial charge in [-0.15, -0.1) is 11.8 Å². The maximum atomic E-state index is 12.8. The number of hydrogen-bond acceptors (Lipinski definition) is 4. The molecule has 1 amide bonds. The highest BCUT2D eigenvalue weighted by Crippen LogP contribution is 2.36. The van der Waals surface area contributed by atoms with E-state index in [0.717, 1.165) is 16.9 Å². The van der Waals surface area contributed by atoms with Gasteiger partial charge in [-0.05, 0) is 36.2 Å². The lowest BCUT2D eigenvalue weighted by Gasteiger charge is -2.13. The molecule has 7 heteroatoms. The van der Waals surface area contributed by atoms with E-state index in [0.29, 0.717) is 17.8 Å². The Morgan fingerprint density at radius 1 is 1.24 bits per heavy atom. The first-order valence-corrected chi connectivity index (χ1v) is 10.5. The second-order valence-electron chi connectivity index (χ2n) is 5.95. The standard InChI is InChI=1S/C18H20N2O3S2/c1-3-13-6-4-5-7-15(13)20-25(22,23)14-8-9-17-16(11-14)19-18(21)10-12(2)24-17/h4-9,11-12,20H,3,10H2,1-2H3,(H,19,21). The average molecular weight is 377 g/mol. The van der Waals surface area contributed by atoms with Crippen molar-refractivity contribution >= 4 is 39.1 Å². The van der Waals surface area contributed by atoms with Crippen LogP contribution < -0.4 is 10.0 Å². The Bertz CT molecular complexity index is 910. The molecule has 0 saturated heterocycles. The number of fused-ring (bicyclic) bond motifs is 1. The van der Waals surface area contributed by atoms with Gasteiger partial charge in [0.05, 0.1) is 16.3 Å². The van der Waals surface area contributed by atoms with Crippen LogP contribution in [0.1, 0.15) is 25.8 Å². The van der Waals surface area contributed by atoms with E-state index in [-0.39, 0.29) is 16.1 Å². The number of para-hydroxylation sites is 1. The summed E-state index contributed by atoms with van der Waals surface area (Å²) in [7, 11) is -3.73. The van der Waals surface area contributed by atoms with Crippen LogP contribution in [-0.4, -0.2) is 19.6 Å². The van der Waals surface area contributed by atoms with Crippen molar-refractivity contribution in [3.8, 4) is 0 Å². The molecule has 1 unspecified atom stereocenters. The molecule has 0 aliphatic carbocycles. The van der Waals surface area contributed by atoms with Crippen LogP contribution in [0, 0.1) is 0 Å². The summed E-state index contributed by atoms with van der Waals surface area (Å²) in [6.45, 7) is 3.96. The maximum Gasteiger partial charge on any atom is 0.261 e. The first-order chi connectivity index (χ1) is 11.9. The molecule has 3 rings (SSSR count). The molecule has 132 valence electrons. The monoisotopic (exact) mass is 376 g/mol. The van der Waals surface area contributed by atoms with E-state index >= 15 is 0 Å². The molecule has 25 heavy (non-hydrogen) atoms. The molecule has 1 atom stereocenters. The number of benzene rings is 2. The van der Waals surface area contributed by atoms with Crippen molar-refractivity contribution in [3.63, 3.8) is 0 Å². The Kier molecular flexibility index (Phi) is 5.06. The molecular formula is C18H20N2O3S2. The Balaban J connectivity index is 1.94. The molecule has 5 nitrogen and oxygen atoms in total. The molecule has 0 spiro atoms. The number of carbonyl (C=O) groups is 1. The third-order valence-corrected chi connectivity index (χ3v) is 6.52. The summed E-state index contributed by atoms with van der Waals surface area (Å²) in [5.74, 6) is -0.0995. The van der Waals surface area contributed by atoms with Crippen LogP contribution in [0.25, 0.3) is 0 Å². The summed E-state index contributed by atoms with van der Waals surface area (Å²) < 4.78 is 28.2. The quantitative estimate of drug-likeness (QED) is 0.849. The highest BCUT2D eigenvalue weighted by molar-refractivity contribution is 8.00. The number of sulfonamides is 1. The second kappa shape index (κ2) is 7.09. The number of amides is 1. The van der Waals surface area contributed by atoms with Crippen LogP contribution in [0.15, 0.2) is 52.3 Å². The predicted molar refractivity (Wildman–Crippen MR) is 102 cm³/mol. The summed E-state index contributed by atoms with van der Waals surface area (Å²) >= 11 is 1.57. The van der Waals surface area contributed by atoms with Crippen LogP contribution in [-0.2, 0) is 21.2 Å². The molecule has 0 radical (unpaired) electrons. The van der Waals surface area contributed by atoms with E-state index in [2.05, 4.69) is 10.0 Å². The van der Waals surface area contributed by atoms with Gasteiger partial charge in [0.15, 0.2) is 0 Å². The van der Waals surface area contributed by atoms with Gasteiger partial charge in [0, 0.05) is 16.6 Å². The van der Waals surface area contributed by atoms with Crippen molar-refractivity contribution in [2.75, 3.05) is 10.0 Å². The first kappa shape index (κ1) is 17.8. The van der Waals surface area contributed by atoms with Crippen LogP contribution in [0.5, 0.6) is 0 Å². The molecule has 2 aromatic carbocycles. The smallest absolute Gasteiger partial charge is 0.261 e. The number of thioether (sulfide) groups is 1. The van der Waals surface area contributed by atoms with E-state index in [1.165, 1.54) is 6.07 Å². The number of carbonyl (C=O) groups excluding carboxylic acids is 1. The molecule has 0 aromatic heterocycles. The zero-order valence-electron chi connectivity index (χ0n) is 14.1. The average Bonchev–Trinajstić information content (AvgIpc) is 2.70. The van der Waals surface area contributed by atoms with E-state index < -0.39 is 10.0 Å². The number of hydrogen-bond donors (Lipinski definition) is 2. The van der Waals surface area contributed by atoms with Crippen molar-refractivity contribution < 1.29 is 13.2 Å². The van der Waals surface area contributed by atoms with Gasteiger partial charge in [-0.2, -0.15) is 0 Å². The lowest BCUT2D eigenvalue weighted by Crippen LogP contribution is -2.16. The molecule has 0 saturated carbocycles. The van der Waals surface area contributed by atoms with Gasteiger partial charge in [0.1, 0.15) is 0 Å². The van der Waals surface area contributed by atoms with Crippen molar-refractivity contribution in [2.24, 2.45) is 0 Å². The van der Waals surface area contributed by atoms with Crippen molar-refractivity contribution in [1.82, 2.24) is 0 Å². The summed E-state index contributed by atoms with van der Waals surface area (Å²) in [4.78, 5) is 12.9. The summed E-state index contributed by atoms with van der Waals surface area (Å²) in [5, 5.41) is 2.95. The molecule has 2 aromatic rings. The van der Waals surface area contributed by atoms with Crippen molar-refractivity contribution in [3.05, 3.63) is 48.0 Å². The molecule has 1 aliphatic rings. The van der Waals surface area contributed by atoms with Crippen molar-refractivity contribution in [2.45, 2.75) is 41.7 Å². The number of rotatable bonds is 4. The zero-order valence-corrected chi connectivity index (χ0v) is 15.7. The minimum absolute atomic E-state index is 0.0995. The minimum atomic E-state index is -3.73. The topological polar surface area (TPSA) is 75.3 Å². The third kappa shape index (κ3) is 3.99. The van der Waals surface area contributed by atoms with E-state index in [1.807, 2.05) is 26.0 Å². The normalized spacial score (nSPS) is 17.4. The number of anilines is 2. The van der Waals surface area contributed by atoms with Crippen LogP contribution >= 0.6 is 11.8 Å². The molecule has 0 bridgehead atoms. The number of aryl methyl sites for hydroxylation is 1. The van der Waals surface area contributed by atoms with Crippen molar-refractivity contribution in [1.29, 1.82) is 0 Å². The highest BCUT2D eigenvalue weighted by atomic mass is 32.2. The Hall–Kier alpha value is -1.99. The third-order valence-electron chi connectivity index (χ3n) is 3.98.